The van der Waals surface area contributed by atoms with Crippen molar-refractivity contribution in [1.82, 2.24) is 10.2 Å². The number of piperidine rings is 1. The van der Waals surface area contributed by atoms with E-state index in [1.54, 1.807) is 13.2 Å². The van der Waals surface area contributed by atoms with E-state index in [-0.39, 0.29) is 30.3 Å². The van der Waals surface area contributed by atoms with Crippen LogP contribution in [0.4, 0.5) is 0 Å². The number of likely N-dealkylation sites (tertiary alicyclic amines) is 1. The van der Waals surface area contributed by atoms with Gasteiger partial charge in [-0.25, -0.2) is 0 Å². The standard InChI is InChI=1S/C17H24BrN3O3.ClH/c1-24-13-5-6-15(18)14(10-13)17(23)21-9-3-2-4-12(21)11-20-16(22)7-8-19;/h5-6,10,12H,2-4,7-9,11,19H2,1H3,(H,20,22);1H. The summed E-state index contributed by atoms with van der Waals surface area (Å²) in [7, 11) is 1.58. The maximum Gasteiger partial charge on any atom is 0.255 e. The van der Waals surface area contributed by atoms with E-state index in [4.69, 9.17) is 10.5 Å². The predicted octanol–water partition coefficient (Wildman–Crippen LogP) is 2.34. The Labute approximate surface area is 163 Å². The molecule has 1 unspecified atom stereocenters. The molecule has 2 amide bonds. The van der Waals surface area contributed by atoms with Crippen molar-refractivity contribution in [2.45, 2.75) is 31.7 Å². The molecule has 140 valence electrons. The van der Waals surface area contributed by atoms with Gasteiger partial charge in [0.05, 0.1) is 12.7 Å². The van der Waals surface area contributed by atoms with Gasteiger partial charge < -0.3 is 20.7 Å². The Balaban J connectivity index is 0.00000312. The molecule has 8 heteroatoms. The molecule has 6 nitrogen and oxygen atoms in total. The molecule has 1 aromatic rings. The van der Waals surface area contributed by atoms with Gasteiger partial charge in [0.25, 0.3) is 5.91 Å². The summed E-state index contributed by atoms with van der Waals surface area (Å²) in [6, 6.07) is 5.37. The molecule has 1 aliphatic heterocycles. The third-order valence-corrected chi connectivity index (χ3v) is 4.89. The summed E-state index contributed by atoms with van der Waals surface area (Å²) in [6.07, 6.45) is 3.22. The maximum absolute atomic E-state index is 13.0. The molecular formula is C17H25BrClN3O3. The first-order chi connectivity index (χ1) is 11.6. The zero-order valence-electron chi connectivity index (χ0n) is 14.3. The average Bonchev–Trinajstić information content (AvgIpc) is 2.60. The second-order valence-corrected chi connectivity index (χ2v) is 6.69. The average molecular weight is 435 g/mol. The zero-order valence-corrected chi connectivity index (χ0v) is 16.7. The van der Waals surface area contributed by atoms with Crippen molar-refractivity contribution < 1.29 is 14.3 Å². The van der Waals surface area contributed by atoms with Crippen LogP contribution in [0, 0.1) is 0 Å². The van der Waals surface area contributed by atoms with Gasteiger partial charge in [-0.05, 0) is 53.4 Å². The largest absolute Gasteiger partial charge is 0.497 e. The number of nitrogens with one attached hydrogen (secondary N) is 1. The fourth-order valence-corrected chi connectivity index (χ4v) is 3.30. The van der Waals surface area contributed by atoms with Crippen LogP contribution in [0.5, 0.6) is 5.75 Å². The summed E-state index contributed by atoms with van der Waals surface area (Å²) >= 11 is 3.44. The molecule has 1 saturated heterocycles. The fourth-order valence-electron chi connectivity index (χ4n) is 2.88. The quantitative estimate of drug-likeness (QED) is 0.720. The smallest absolute Gasteiger partial charge is 0.255 e. The minimum absolute atomic E-state index is 0. The lowest BCUT2D eigenvalue weighted by Crippen LogP contribution is -2.49. The Morgan fingerprint density at radius 2 is 2.16 bits per heavy atom. The van der Waals surface area contributed by atoms with Crippen LogP contribution < -0.4 is 15.8 Å². The highest BCUT2D eigenvalue weighted by Gasteiger charge is 2.29. The van der Waals surface area contributed by atoms with Crippen molar-refractivity contribution in [2.75, 3.05) is 26.7 Å². The van der Waals surface area contributed by atoms with Crippen LogP contribution >= 0.6 is 28.3 Å². The van der Waals surface area contributed by atoms with E-state index in [9.17, 15) is 9.59 Å². The van der Waals surface area contributed by atoms with Crippen LogP contribution in [-0.4, -0.2) is 49.5 Å². The minimum atomic E-state index is -0.0713. The van der Waals surface area contributed by atoms with Crippen LogP contribution in [0.1, 0.15) is 36.0 Å². The normalized spacial score (nSPS) is 16.8. The molecule has 3 N–H and O–H groups in total. The van der Waals surface area contributed by atoms with E-state index in [0.717, 1.165) is 23.7 Å². The number of amides is 2. The first-order valence-electron chi connectivity index (χ1n) is 8.18. The third-order valence-electron chi connectivity index (χ3n) is 4.20. The van der Waals surface area contributed by atoms with Gasteiger partial charge in [0.15, 0.2) is 0 Å². The molecule has 0 aromatic heterocycles. The Morgan fingerprint density at radius 3 is 2.84 bits per heavy atom. The zero-order chi connectivity index (χ0) is 17.5. The summed E-state index contributed by atoms with van der Waals surface area (Å²) in [5, 5.41) is 2.88. The lowest BCUT2D eigenvalue weighted by atomic mass is 10.0. The van der Waals surface area contributed by atoms with Gasteiger partial charge in [-0.2, -0.15) is 0 Å². The van der Waals surface area contributed by atoms with Gasteiger partial charge in [0.2, 0.25) is 5.91 Å². The Bertz CT molecular complexity index is 601. The Kier molecular flexibility index (Phi) is 9.24. The Morgan fingerprint density at radius 1 is 1.40 bits per heavy atom. The highest BCUT2D eigenvalue weighted by Crippen LogP contribution is 2.26. The van der Waals surface area contributed by atoms with Crippen LogP contribution in [0.3, 0.4) is 0 Å². The molecule has 0 aliphatic carbocycles. The fraction of sp³-hybridized carbons (Fsp3) is 0.529. The van der Waals surface area contributed by atoms with Gasteiger partial charge in [-0.1, -0.05) is 0 Å². The lowest BCUT2D eigenvalue weighted by Gasteiger charge is -2.36. The summed E-state index contributed by atoms with van der Waals surface area (Å²) < 4.78 is 5.96. The van der Waals surface area contributed by atoms with Gasteiger partial charge in [0, 0.05) is 36.6 Å². The number of nitrogens with two attached hydrogens (primary N) is 1. The molecule has 0 saturated carbocycles. The molecular weight excluding hydrogens is 410 g/mol. The number of rotatable bonds is 6. The monoisotopic (exact) mass is 433 g/mol. The molecule has 25 heavy (non-hydrogen) atoms. The summed E-state index contributed by atoms with van der Waals surface area (Å²) in [5.41, 5.74) is 5.97. The van der Waals surface area contributed by atoms with Crippen molar-refractivity contribution in [3.05, 3.63) is 28.2 Å². The van der Waals surface area contributed by atoms with Crippen molar-refractivity contribution in [3.8, 4) is 5.75 Å². The first-order valence-corrected chi connectivity index (χ1v) is 8.97. The molecule has 1 aliphatic rings. The predicted molar refractivity (Wildman–Crippen MR) is 103 cm³/mol. The van der Waals surface area contributed by atoms with Crippen LogP contribution in [-0.2, 0) is 4.79 Å². The number of carbonyl (C=O) groups is 2. The van der Waals surface area contributed by atoms with Crippen molar-refractivity contribution in [2.24, 2.45) is 5.73 Å². The van der Waals surface area contributed by atoms with Crippen molar-refractivity contribution in [1.29, 1.82) is 0 Å². The van der Waals surface area contributed by atoms with Gasteiger partial charge in [0.1, 0.15) is 5.75 Å². The second-order valence-electron chi connectivity index (χ2n) is 5.84. The van der Waals surface area contributed by atoms with E-state index in [1.165, 1.54) is 0 Å². The lowest BCUT2D eigenvalue weighted by molar-refractivity contribution is -0.121. The van der Waals surface area contributed by atoms with Crippen molar-refractivity contribution >= 4 is 40.2 Å². The molecule has 2 rings (SSSR count). The number of ether oxygens (including phenoxy) is 1. The number of methoxy groups -OCH3 is 1. The van der Waals surface area contributed by atoms with E-state index in [2.05, 4.69) is 21.2 Å². The highest BCUT2D eigenvalue weighted by molar-refractivity contribution is 9.10. The Hall–Kier alpha value is -1.31. The van der Waals surface area contributed by atoms with Gasteiger partial charge >= 0.3 is 0 Å². The minimum Gasteiger partial charge on any atom is -0.497 e. The molecule has 0 radical (unpaired) electrons. The van der Waals surface area contributed by atoms with Crippen LogP contribution in [0.15, 0.2) is 22.7 Å². The topological polar surface area (TPSA) is 84.7 Å². The number of carbonyl (C=O) groups excluding carboxylic acids is 2. The molecule has 1 aromatic carbocycles. The molecule has 0 bridgehead atoms. The summed E-state index contributed by atoms with van der Waals surface area (Å²) in [5.74, 6) is 0.531. The highest BCUT2D eigenvalue weighted by atomic mass is 79.9. The van der Waals surface area contributed by atoms with E-state index >= 15 is 0 Å². The maximum atomic E-state index is 13.0. The number of nitrogens with zero attached hydrogens (tertiary/aromatic N) is 1. The molecule has 1 heterocycles. The number of hydrogen-bond acceptors (Lipinski definition) is 4. The van der Waals surface area contributed by atoms with Crippen LogP contribution in [0.25, 0.3) is 0 Å². The second kappa shape index (κ2) is 10.6. The summed E-state index contributed by atoms with van der Waals surface area (Å²) in [6.45, 7) is 1.49. The van der Waals surface area contributed by atoms with Crippen molar-refractivity contribution in [3.63, 3.8) is 0 Å². The number of benzene rings is 1. The van der Waals surface area contributed by atoms with Crippen LogP contribution in [0.2, 0.25) is 0 Å². The van der Waals surface area contributed by atoms with Gasteiger partial charge in [-0.15, -0.1) is 12.4 Å². The summed E-state index contributed by atoms with van der Waals surface area (Å²) in [4.78, 5) is 26.5. The van der Waals surface area contributed by atoms with E-state index in [0.29, 0.717) is 37.4 Å². The molecule has 1 atom stereocenters. The van der Waals surface area contributed by atoms with E-state index < -0.39 is 0 Å². The SMILES string of the molecule is COc1ccc(Br)c(C(=O)N2CCCCC2CNC(=O)CCN)c1.Cl. The van der Waals surface area contributed by atoms with Gasteiger partial charge in [-0.3, -0.25) is 9.59 Å². The molecule has 0 spiro atoms. The third kappa shape index (κ3) is 5.87. The number of hydrogen-bond donors (Lipinski definition) is 2. The molecule has 1 fully saturated rings. The van der Waals surface area contributed by atoms with E-state index in [1.807, 2.05) is 17.0 Å². The first kappa shape index (κ1) is 21.7. The number of halogens is 2.